The third kappa shape index (κ3) is 1.11. The molecule has 0 spiro atoms. The highest BCUT2D eigenvalue weighted by atomic mass is 14.6. The van der Waals surface area contributed by atoms with Crippen molar-refractivity contribution in [1.29, 1.82) is 0 Å². The lowest BCUT2D eigenvalue weighted by molar-refractivity contribution is 0.0771. The molecule has 0 nitrogen and oxygen atoms in total. The van der Waals surface area contributed by atoms with Crippen molar-refractivity contribution in [3.63, 3.8) is 0 Å². The predicted octanol–water partition coefficient (Wildman–Crippen LogP) is 4.02. The van der Waals surface area contributed by atoms with Gasteiger partial charge >= 0.3 is 0 Å². The molecule has 2 aliphatic rings. The average Bonchev–Trinajstić information content (AvgIpc) is 2.50. The van der Waals surface area contributed by atoms with Crippen LogP contribution in [0.4, 0.5) is 0 Å². The quantitative estimate of drug-likeness (QED) is 0.560. The van der Waals surface area contributed by atoms with Crippen LogP contribution in [0.3, 0.4) is 0 Å². The van der Waals surface area contributed by atoms with E-state index in [9.17, 15) is 0 Å². The Morgan fingerprint density at radius 3 is 2.54 bits per heavy atom. The fraction of sp³-hybridized carbons (Fsp3) is 0.846. The van der Waals surface area contributed by atoms with Gasteiger partial charge in [-0.15, -0.1) is 6.58 Å². The van der Waals surface area contributed by atoms with Gasteiger partial charge in [0.05, 0.1) is 0 Å². The van der Waals surface area contributed by atoms with Crippen LogP contribution < -0.4 is 0 Å². The minimum Gasteiger partial charge on any atom is -0.103 e. The molecular weight excluding hydrogens is 156 g/mol. The van der Waals surface area contributed by atoms with Crippen LogP contribution in [0.5, 0.6) is 0 Å². The first-order valence-electron chi connectivity index (χ1n) is 5.61. The lowest BCUT2D eigenvalue weighted by atomic mass is 9.63. The van der Waals surface area contributed by atoms with E-state index in [0.29, 0.717) is 10.8 Å². The molecule has 0 aromatic rings. The first-order valence-corrected chi connectivity index (χ1v) is 5.61. The summed E-state index contributed by atoms with van der Waals surface area (Å²) in [5.74, 6) is 1.87. The SMILES string of the molecule is C=CCC1C2(C)CCC(C2)C1(C)C. The van der Waals surface area contributed by atoms with E-state index in [1.165, 1.54) is 25.7 Å². The summed E-state index contributed by atoms with van der Waals surface area (Å²) in [6.07, 6.45) is 7.74. The van der Waals surface area contributed by atoms with Gasteiger partial charge in [0.2, 0.25) is 0 Å². The molecule has 0 heteroatoms. The zero-order chi connectivity index (χ0) is 9.69. The highest BCUT2D eigenvalue weighted by Gasteiger charge is 2.58. The molecule has 0 aromatic heterocycles. The van der Waals surface area contributed by atoms with Gasteiger partial charge < -0.3 is 0 Å². The van der Waals surface area contributed by atoms with Crippen LogP contribution in [0.25, 0.3) is 0 Å². The Morgan fingerprint density at radius 2 is 2.08 bits per heavy atom. The summed E-state index contributed by atoms with van der Waals surface area (Å²) in [5.41, 5.74) is 1.21. The molecule has 2 aliphatic carbocycles. The van der Waals surface area contributed by atoms with Gasteiger partial charge in [-0.05, 0) is 48.3 Å². The Balaban J connectivity index is 2.28. The second kappa shape index (κ2) is 2.62. The zero-order valence-corrected chi connectivity index (χ0v) is 9.27. The van der Waals surface area contributed by atoms with Crippen LogP contribution in [0, 0.1) is 22.7 Å². The maximum Gasteiger partial charge on any atom is -0.0271 e. The molecule has 2 bridgehead atoms. The van der Waals surface area contributed by atoms with Crippen molar-refractivity contribution in [2.75, 3.05) is 0 Å². The van der Waals surface area contributed by atoms with E-state index in [4.69, 9.17) is 0 Å². The van der Waals surface area contributed by atoms with Crippen molar-refractivity contribution in [2.24, 2.45) is 22.7 Å². The second-order valence-corrected chi connectivity index (χ2v) is 5.99. The molecule has 13 heavy (non-hydrogen) atoms. The standard InChI is InChI=1S/C13H22/c1-5-6-11-12(2,3)10-7-8-13(11,4)9-10/h5,10-11H,1,6-9H2,2-4H3. The van der Waals surface area contributed by atoms with Crippen LogP contribution in [-0.2, 0) is 0 Å². The summed E-state index contributed by atoms with van der Waals surface area (Å²) in [7, 11) is 0. The molecule has 2 fully saturated rings. The molecule has 0 N–H and O–H groups in total. The van der Waals surface area contributed by atoms with Crippen LogP contribution in [0.2, 0.25) is 0 Å². The zero-order valence-electron chi connectivity index (χ0n) is 9.27. The smallest absolute Gasteiger partial charge is 0.0271 e. The van der Waals surface area contributed by atoms with E-state index in [1.807, 2.05) is 0 Å². The van der Waals surface area contributed by atoms with Gasteiger partial charge in [0, 0.05) is 0 Å². The topological polar surface area (TPSA) is 0 Å². The average molecular weight is 178 g/mol. The highest BCUT2D eigenvalue weighted by molar-refractivity contribution is 5.09. The summed E-state index contributed by atoms with van der Waals surface area (Å²) in [4.78, 5) is 0. The summed E-state index contributed by atoms with van der Waals surface area (Å²) >= 11 is 0. The Bertz CT molecular complexity index is 221. The van der Waals surface area contributed by atoms with E-state index in [2.05, 4.69) is 33.4 Å². The summed E-state index contributed by atoms with van der Waals surface area (Å²) < 4.78 is 0. The van der Waals surface area contributed by atoms with Crippen LogP contribution in [0.15, 0.2) is 12.7 Å². The maximum atomic E-state index is 3.90. The molecule has 0 saturated heterocycles. The minimum atomic E-state index is 0.571. The van der Waals surface area contributed by atoms with Crippen LogP contribution >= 0.6 is 0 Å². The molecule has 2 rings (SSSR count). The van der Waals surface area contributed by atoms with Crippen LogP contribution in [0.1, 0.15) is 46.5 Å². The van der Waals surface area contributed by atoms with Crippen molar-refractivity contribution >= 4 is 0 Å². The number of hydrogen-bond acceptors (Lipinski definition) is 0. The maximum absolute atomic E-state index is 3.90. The van der Waals surface area contributed by atoms with Gasteiger partial charge in [0.15, 0.2) is 0 Å². The van der Waals surface area contributed by atoms with Gasteiger partial charge in [0.1, 0.15) is 0 Å². The van der Waals surface area contributed by atoms with Crippen molar-refractivity contribution in [3.05, 3.63) is 12.7 Å². The number of hydrogen-bond donors (Lipinski definition) is 0. The van der Waals surface area contributed by atoms with Crippen molar-refractivity contribution < 1.29 is 0 Å². The van der Waals surface area contributed by atoms with Gasteiger partial charge in [0.25, 0.3) is 0 Å². The normalized spacial score (nSPS) is 46.7. The Hall–Kier alpha value is -0.260. The summed E-state index contributed by atoms with van der Waals surface area (Å²) in [5, 5.41) is 0. The van der Waals surface area contributed by atoms with Gasteiger partial charge in [-0.25, -0.2) is 0 Å². The van der Waals surface area contributed by atoms with Crippen molar-refractivity contribution in [3.8, 4) is 0 Å². The number of allylic oxidation sites excluding steroid dienone is 1. The van der Waals surface area contributed by atoms with E-state index >= 15 is 0 Å². The third-order valence-electron chi connectivity index (χ3n) is 4.97. The van der Waals surface area contributed by atoms with Crippen LogP contribution in [-0.4, -0.2) is 0 Å². The van der Waals surface area contributed by atoms with E-state index in [0.717, 1.165) is 11.8 Å². The van der Waals surface area contributed by atoms with Crippen molar-refractivity contribution in [2.45, 2.75) is 46.5 Å². The first-order chi connectivity index (χ1) is 6.00. The molecular formula is C13H22. The number of rotatable bonds is 2. The molecule has 2 saturated carbocycles. The minimum absolute atomic E-state index is 0.571. The molecule has 74 valence electrons. The summed E-state index contributed by atoms with van der Waals surface area (Å²) in [6.45, 7) is 11.3. The Kier molecular flexibility index (Phi) is 1.87. The molecule has 3 atom stereocenters. The third-order valence-corrected chi connectivity index (χ3v) is 4.97. The van der Waals surface area contributed by atoms with E-state index in [-0.39, 0.29) is 0 Å². The van der Waals surface area contributed by atoms with Gasteiger partial charge in [-0.1, -0.05) is 26.8 Å². The highest BCUT2D eigenvalue weighted by Crippen LogP contribution is 2.66. The lowest BCUT2D eigenvalue weighted by Crippen LogP contribution is -2.34. The van der Waals surface area contributed by atoms with E-state index < -0.39 is 0 Å². The lowest BCUT2D eigenvalue weighted by Gasteiger charge is -2.42. The molecule has 3 unspecified atom stereocenters. The molecule has 0 aliphatic heterocycles. The molecule has 0 amide bonds. The first kappa shape index (κ1) is 9.30. The predicted molar refractivity (Wildman–Crippen MR) is 57.5 cm³/mol. The Labute approximate surface area is 82.4 Å². The Morgan fingerprint density at radius 1 is 1.38 bits per heavy atom. The van der Waals surface area contributed by atoms with E-state index in [1.54, 1.807) is 0 Å². The largest absolute Gasteiger partial charge is 0.103 e. The van der Waals surface area contributed by atoms with Crippen molar-refractivity contribution in [1.82, 2.24) is 0 Å². The molecule has 0 radical (unpaired) electrons. The fourth-order valence-electron chi connectivity index (χ4n) is 4.16. The van der Waals surface area contributed by atoms with Gasteiger partial charge in [-0.2, -0.15) is 0 Å². The second-order valence-electron chi connectivity index (χ2n) is 5.99. The summed E-state index contributed by atoms with van der Waals surface area (Å²) in [6, 6.07) is 0. The number of fused-ring (bicyclic) bond motifs is 2. The molecule has 0 heterocycles. The fourth-order valence-corrected chi connectivity index (χ4v) is 4.16. The monoisotopic (exact) mass is 178 g/mol. The molecule has 0 aromatic carbocycles. The van der Waals surface area contributed by atoms with Gasteiger partial charge in [-0.3, -0.25) is 0 Å².